The van der Waals surface area contributed by atoms with Gasteiger partial charge in [-0.15, -0.1) is 0 Å². The van der Waals surface area contributed by atoms with Crippen molar-refractivity contribution < 1.29 is 14.2 Å². The summed E-state index contributed by atoms with van der Waals surface area (Å²) in [6, 6.07) is 0. The molecule has 0 saturated heterocycles. The summed E-state index contributed by atoms with van der Waals surface area (Å²) in [6.45, 7) is 6.36. The first-order valence-corrected chi connectivity index (χ1v) is 19.4. The third-order valence-corrected chi connectivity index (χ3v) is 14.3. The van der Waals surface area contributed by atoms with Gasteiger partial charge in [-0.1, -0.05) is 127 Å². The maximum Gasteiger partial charge on any atom is 0.110 e. The van der Waals surface area contributed by atoms with Crippen LogP contribution in [0.2, 0.25) is 0 Å². The summed E-state index contributed by atoms with van der Waals surface area (Å²) in [5.41, 5.74) is -0.0377. The lowest BCUT2D eigenvalue weighted by Crippen LogP contribution is -2.54. The molecule has 4 fully saturated rings. The Morgan fingerprint density at radius 1 is 0.489 bits per heavy atom. The van der Waals surface area contributed by atoms with Crippen molar-refractivity contribution in [2.75, 3.05) is 27.4 Å². The first-order chi connectivity index (χ1) is 21.9. The van der Waals surface area contributed by atoms with Crippen LogP contribution in [0.1, 0.15) is 129 Å². The molecule has 6 rings (SSSR count). The van der Waals surface area contributed by atoms with Crippen LogP contribution in [0, 0.1) is 46.3 Å². The summed E-state index contributed by atoms with van der Waals surface area (Å²) in [7, 11) is 3.92. The number of ether oxygens (including phenoxy) is 3. The molecule has 0 aromatic carbocycles. The lowest BCUT2D eigenvalue weighted by molar-refractivity contribution is -0.108. The Kier molecular flexibility index (Phi) is 10.9. The van der Waals surface area contributed by atoms with Crippen LogP contribution in [0.3, 0.4) is 0 Å². The lowest BCUT2D eigenvalue weighted by atomic mass is 9.52. The Morgan fingerprint density at radius 2 is 0.822 bits per heavy atom. The fraction of sp³-hybridized carbons (Fsp3) is 0.810. The van der Waals surface area contributed by atoms with Crippen LogP contribution in [0.5, 0.6) is 0 Å². The van der Waals surface area contributed by atoms with Gasteiger partial charge in [-0.3, -0.25) is 0 Å². The molecule has 6 aliphatic carbocycles. The average Bonchev–Trinajstić information content (AvgIpc) is 3.10. The lowest BCUT2D eigenvalue weighted by Gasteiger charge is -2.56. The topological polar surface area (TPSA) is 27.7 Å². The second-order valence-corrected chi connectivity index (χ2v) is 16.6. The Labute approximate surface area is 276 Å². The quantitative estimate of drug-likeness (QED) is 0.228. The summed E-state index contributed by atoms with van der Waals surface area (Å²) < 4.78 is 19.5. The molecule has 4 saturated carbocycles. The van der Waals surface area contributed by atoms with Gasteiger partial charge in [-0.2, -0.15) is 0 Å². The molecule has 0 aliphatic heterocycles. The van der Waals surface area contributed by atoms with E-state index in [9.17, 15) is 0 Å². The molecule has 0 N–H and O–H groups in total. The Hall–Kier alpha value is -1.16. The van der Waals surface area contributed by atoms with Gasteiger partial charge in [0.25, 0.3) is 0 Å². The molecule has 0 amide bonds. The van der Waals surface area contributed by atoms with Crippen LogP contribution < -0.4 is 0 Å². The van der Waals surface area contributed by atoms with Crippen LogP contribution in [0.4, 0.5) is 0 Å². The van der Waals surface area contributed by atoms with Crippen molar-refractivity contribution in [3.05, 3.63) is 48.6 Å². The fourth-order valence-electron chi connectivity index (χ4n) is 11.4. The summed E-state index contributed by atoms with van der Waals surface area (Å²) in [6.07, 6.45) is 43.8. The van der Waals surface area contributed by atoms with E-state index in [1.807, 2.05) is 14.2 Å². The molecule has 45 heavy (non-hydrogen) atoms. The van der Waals surface area contributed by atoms with Gasteiger partial charge < -0.3 is 14.2 Å². The maximum absolute atomic E-state index is 6.54. The van der Waals surface area contributed by atoms with Crippen LogP contribution in [0.15, 0.2) is 48.6 Å². The van der Waals surface area contributed by atoms with E-state index in [1.165, 1.54) is 116 Å². The normalized spacial score (nSPS) is 41.2. The van der Waals surface area contributed by atoms with Crippen LogP contribution >= 0.6 is 0 Å². The summed E-state index contributed by atoms with van der Waals surface area (Å²) >= 11 is 0. The second kappa shape index (κ2) is 14.5. The highest BCUT2D eigenvalue weighted by Crippen LogP contribution is 2.59. The van der Waals surface area contributed by atoms with Crippen molar-refractivity contribution >= 4 is 0 Å². The molecule has 0 heterocycles. The molecule has 0 aromatic heterocycles. The van der Waals surface area contributed by atoms with E-state index in [0.717, 1.165) is 36.9 Å². The van der Waals surface area contributed by atoms with E-state index < -0.39 is 0 Å². The van der Waals surface area contributed by atoms with Gasteiger partial charge in [-0.05, 0) is 75.0 Å². The minimum atomic E-state index is -0.265. The Morgan fingerprint density at radius 3 is 1.13 bits per heavy atom. The van der Waals surface area contributed by atoms with Crippen molar-refractivity contribution in [3.63, 3.8) is 0 Å². The standard InChI is InChI=1S/C42H66O3/c1-33-11-15-37(16-12-33)39(23-7-5-8-24-39)41(43-3)27-19-35(20-28-41)31-45-32-36-21-29-42(44-4,30-22-36)40(25-9-6-10-26-40)38-17-13-34(2)14-18-38/h19-22,27-30,33-38H,5-18,23-26,31-32H2,1-4H3/t33-,34-,35-,36-,37-,38-,41-,42-. The van der Waals surface area contributed by atoms with E-state index in [2.05, 4.69) is 62.5 Å². The first kappa shape index (κ1) is 33.7. The first-order valence-electron chi connectivity index (χ1n) is 19.4. The van der Waals surface area contributed by atoms with Crippen molar-refractivity contribution in [2.24, 2.45) is 46.3 Å². The largest absolute Gasteiger partial charge is 0.380 e. The highest BCUT2D eigenvalue weighted by Gasteiger charge is 2.56. The van der Waals surface area contributed by atoms with Crippen LogP contribution in [-0.4, -0.2) is 38.6 Å². The Bertz CT molecular complexity index is 941. The zero-order chi connectivity index (χ0) is 31.4. The minimum Gasteiger partial charge on any atom is -0.380 e. The van der Waals surface area contributed by atoms with Crippen LogP contribution in [-0.2, 0) is 14.2 Å². The summed E-state index contributed by atoms with van der Waals surface area (Å²) in [5.74, 6) is 3.94. The summed E-state index contributed by atoms with van der Waals surface area (Å²) in [5, 5.41) is 0. The smallest absolute Gasteiger partial charge is 0.110 e. The highest BCUT2D eigenvalue weighted by molar-refractivity contribution is 5.31. The van der Waals surface area contributed by atoms with E-state index in [0.29, 0.717) is 11.8 Å². The second-order valence-electron chi connectivity index (χ2n) is 16.6. The van der Waals surface area contributed by atoms with Gasteiger partial charge in [0.1, 0.15) is 11.2 Å². The third kappa shape index (κ3) is 6.50. The SMILES string of the molecule is CO[C@]1(C2([C@H]3CC[C@H](C)CC3)CCCCC2)C=C[C@@H](COC[C@H]2C=C[C@@](OC)(C3([C@H]4CC[C@H](C)CC4)CCCCC3)C=C2)C=C1. The van der Waals surface area contributed by atoms with E-state index in [1.54, 1.807) is 0 Å². The van der Waals surface area contributed by atoms with Crippen molar-refractivity contribution in [1.29, 1.82) is 0 Å². The van der Waals surface area contributed by atoms with Gasteiger partial charge in [0.05, 0.1) is 13.2 Å². The number of hydrogen-bond acceptors (Lipinski definition) is 3. The number of hydrogen-bond donors (Lipinski definition) is 0. The predicted octanol–water partition coefficient (Wildman–Crippen LogP) is 10.8. The maximum atomic E-state index is 6.54. The minimum absolute atomic E-state index is 0.246. The zero-order valence-electron chi connectivity index (χ0n) is 29.4. The molecule has 6 aliphatic rings. The van der Waals surface area contributed by atoms with E-state index in [4.69, 9.17) is 14.2 Å². The van der Waals surface area contributed by atoms with Crippen molar-refractivity contribution in [3.8, 4) is 0 Å². The third-order valence-electron chi connectivity index (χ3n) is 14.3. The van der Waals surface area contributed by atoms with Gasteiger partial charge in [0.15, 0.2) is 0 Å². The molecule has 3 heteroatoms. The molecule has 0 aromatic rings. The zero-order valence-corrected chi connectivity index (χ0v) is 29.4. The highest BCUT2D eigenvalue weighted by atomic mass is 16.5. The van der Waals surface area contributed by atoms with Gasteiger partial charge in [0.2, 0.25) is 0 Å². The predicted molar refractivity (Wildman–Crippen MR) is 187 cm³/mol. The van der Waals surface area contributed by atoms with Crippen molar-refractivity contribution in [2.45, 2.75) is 141 Å². The molecule has 252 valence electrons. The fourth-order valence-corrected chi connectivity index (χ4v) is 11.4. The van der Waals surface area contributed by atoms with E-state index in [-0.39, 0.29) is 22.0 Å². The number of rotatable bonds is 10. The molecule has 0 atom stereocenters. The van der Waals surface area contributed by atoms with Crippen LogP contribution in [0.25, 0.3) is 0 Å². The number of methoxy groups -OCH3 is 2. The van der Waals surface area contributed by atoms with Gasteiger partial charge in [0, 0.05) is 36.9 Å². The monoisotopic (exact) mass is 619 g/mol. The molecule has 0 spiro atoms. The molecule has 0 unspecified atom stereocenters. The van der Waals surface area contributed by atoms with Gasteiger partial charge in [-0.25, -0.2) is 0 Å². The van der Waals surface area contributed by atoms with Gasteiger partial charge >= 0.3 is 0 Å². The summed E-state index contributed by atoms with van der Waals surface area (Å²) in [4.78, 5) is 0. The molecular formula is C42H66O3. The Balaban J connectivity index is 1.07. The average molecular weight is 619 g/mol. The molecule has 0 bridgehead atoms. The molecule has 0 radical (unpaired) electrons. The van der Waals surface area contributed by atoms with Crippen molar-refractivity contribution in [1.82, 2.24) is 0 Å². The molecular weight excluding hydrogens is 552 g/mol. The van der Waals surface area contributed by atoms with E-state index >= 15 is 0 Å². The molecule has 3 nitrogen and oxygen atoms in total.